The Balaban J connectivity index is 1.72. The number of hydrogen-bond donors (Lipinski definition) is 1. The largest absolute Gasteiger partial charge is 0.326 e. The van der Waals surface area contributed by atoms with Crippen LogP contribution in [0.25, 0.3) is 11.0 Å². The highest BCUT2D eigenvalue weighted by atomic mass is 35.5. The molecule has 3 aromatic rings. The number of benzene rings is 2. The van der Waals surface area contributed by atoms with E-state index in [0.717, 1.165) is 16.6 Å². The molecule has 1 amide bonds. The number of carbonyl (C=O) groups excluding carboxylic acids is 1. The van der Waals surface area contributed by atoms with E-state index in [1.165, 1.54) is 0 Å². The van der Waals surface area contributed by atoms with Gasteiger partial charge in [-0.1, -0.05) is 23.7 Å². The third-order valence-corrected chi connectivity index (χ3v) is 3.28. The summed E-state index contributed by atoms with van der Waals surface area (Å²) >= 11 is 5.82. The molecule has 0 aliphatic heterocycles. The molecule has 0 atom stereocenters. The molecule has 2 aromatic carbocycles. The van der Waals surface area contributed by atoms with Crippen LogP contribution in [-0.4, -0.2) is 15.9 Å². The number of amides is 1. The Kier molecular flexibility index (Phi) is 3.79. The summed E-state index contributed by atoms with van der Waals surface area (Å²) in [5.74, 6) is -0.0828. The SMILES string of the molecule is O=C(Cc1ccc(Cl)cc1)Nc1ccc2nccnc2c1. The van der Waals surface area contributed by atoms with Crippen molar-refractivity contribution in [1.29, 1.82) is 0 Å². The highest BCUT2D eigenvalue weighted by molar-refractivity contribution is 6.30. The van der Waals surface area contributed by atoms with Crippen LogP contribution in [0.15, 0.2) is 54.9 Å². The zero-order chi connectivity index (χ0) is 14.7. The molecular weight excluding hydrogens is 286 g/mol. The maximum Gasteiger partial charge on any atom is 0.228 e. The van der Waals surface area contributed by atoms with Gasteiger partial charge in [-0.2, -0.15) is 0 Å². The van der Waals surface area contributed by atoms with Crippen LogP contribution in [0, 0.1) is 0 Å². The molecule has 3 rings (SSSR count). The van der Waals surface area contributed by atoms with Crippen molar-refractivity contribution < 1.29 is 4.79 Å². The van der Waals surface area contributed by atoms with Crippen molar-refractivity contribution >= 4 is 34.2 Å². The Hall–Kier alpha value is -2.46. The van der Waals surface area contributed by atoms with Gasteiger partial charge in [0, 0.05) is 23.1 Å². The van der Waals surface area contributed by atoms with Gasteiger partial charge in [-0.05, 0) is 35.9 Å². The number of fused-ring (bicyclic) bond motifs is 1. The van der Waals surface area contributed by atoms with Gasteiger partial charge in [0.2, 0.25) is 5.91 Å². The van der Waals surface area contributed by atoms with E-state index in [2.05, 4.69) is 15.3 Å². The van der Waals surface area contributed by atoms with Crippen molar-refractivity contribution in [1.82, 2.24) is 9.97 Å². The van der Waals surface area contributed by atoms with Gasteiger partial charge in [0.15, 0.2) is 0 Å². The zero-order valence-corrected chi connectivity index (χ0v) is 11.8. The number of halogens is 1. The number of nitrogens with one attached hydrogen (secondary N) is 1. The number of hydrogen-bond acceptors (Lipinski definition) is 3. The molecule has 5 heteroatoms. The number of nitrogens with zero attached hydrogens (tertiary/aromatic N) is 2. The first kappa shape index (κ1) is 13.5. The Morgan fingerprint density at radius 1 is 1.00 bits per heavy atom. The third-order valence-electron chi connectivity index (χ3n) is 3.03. The van der Waals surface area contributed by atoms with Crippen molar-refractivity contribution in [2.24, 2.45) is 0 Å². The second-order valence-electron chi connectivity index (χ2n) is 4.61. The van der Waals surface area contributed by atoms with Crippen LogP contribution in [0.2, 0.25) is 5.02 Å². The lowest BCUT2D eigenvalue weighted by Gasteiger charge is -2.06. The molecule has 1 aromatic heterocycles. The van der Waals surface area contributed by atoms with E-state index in [1.807, 2.05) is 30.3 Å². The predicted molar refractivity (Wildman–Crippen MR) is 83.3 cm³/mol. The lowest BCUT2D eigenvalue weighted by atomic mass is 10.1. The molecule has 0 radical (unpaired) electrons. The van der Waals surface area contributed by atoms with Crippen LogP contribution in [0.4, 0.5) is 5.69 Å². The fraction of sp³-hybridized carbons (Fsp3) is 0.0625. The van der Waals surface area contributed by atoms with E-state index in [0.29, 0.717) is 17.1 Å². The molecule has 0 bridgehead atoms. The highest BCUT2D eigenvalue weighted by Crippen LogP contribution is 2.16. The van der Waals surface area contributed by atoms with E-state index in [4.69, 9.17) is 11.6 Å². The Morgan fingerprint density at radius 2 is 1.71 bits per heavy atom. The fourth-order valence-corrected chi connectivity index (χ4v) is 2.16. The summed E-state index contributed by atoms with van der Waals surface area (Å²) in [4.78, 5) is 20.4. The smallest absolute Gasteiger partial charge is 0.228 e. The van der Waals surface area contributed by atoms with Gasteiger partial charge >= 0.3 is 0 Å². The molecular formula is C16H12ClN3O. The number of carbonyl (C=O) groups is 1. The molecule has 0 fully saturated rings. The first-order valence-corrected chi connectivity index (χ1v) is 6.83. The Bertz CT molecular complexity index is 787. The second kappa shape index (κ2) is 5.89. The van der Waals surface area contributed by atoms with Crippen LogP contribution < -0.4 is 5.32 Å². The van der Waals surface area contributed by atoms with Crippen molar-refractivity contribution in [3.05, 3.63) is 65.4 Å². The molecule has 0 aliphatic rings. The molecule has 0 saturated carbocycles. The minimum atomic E-state index is -0.0828. The Labute approximate surface area is 126 Å². The van der Waals surface area contributed by atoms with Gasteiger partial charge in [-0.25, -0.2) is 0 Å². The fourth-order valence-electron chi connectivity index (χ4n) is 2.03. The van der Waals surface area contributed by atoms with Crippen LogP contribution in [0.3, 0.4) is 0 Å². The van der Waals surface area contributed by atoms with E-state index >= 15 is 0 Å². The number of aromatic nitrogens is 2. The van der Waals surface area contributed by atoms with Gasteiger partial charge < -0.3 is 5.32 Å². The maximum absolute atomic E-state index is 12.0. The van der Waals surface area contributed by atoms with Crippen LogP contribution in [0.1, 0.15) is 5.56 Å². The van der Waals surface area contributed by atoms with Gasteiger partial charge in [0.05, 0.1) is 17.5 Å². The topological polar surface area (TPSA) is 54.9 Å². The molecule has 21 heavy (non-hydrogen) atoms. The minimum Gasteiger partial charge on any atom is -0.326 e. The van der Waals surface area contributed by atoms with E-state index in [1.54, 1.807) is 24.5 Å². The molecule has 0 unspecified atom stereocenters. The normalized spacial score (nSPS) is 10.5. The van der Waals surface area contributed by atoms with Crippen LogP contribution in [-0.2, 0) is 11.2 Å². The Morgan fingerprint density at radius 3 is 2.48 bits per heavy atom. The summed E-state index contributed by atoms with van der Waals surface area (Å²) in [5.41, 5.74) is 3.18. The van der Waals surface area contributed by atoms with Gasteiger partial charge in [-0.3, -0.25) is 14.8 Å². The third kappa shape index (κ3) is 3.35. The minimum absolute atomic E-state index is 0.0828. The van der Waals surface area contributed by atoms with Gasteiger partial charge in [0.1, 0.15) is 0 Å². The van der Waals surface area contributed by atoms with Gasteiger partial charge in [-0.15, -0.1) is 0 Å². The average molecular weight is 298 g/mol. The van der Waals surface area contributed by atoms with Crippen molar-refractivity contribution in [2.75, 3.05) is 5.32 Å². The molecule has 0 spiro atoms. The standard InChI is InChI=1S/C16H12ClN3O/c17-12-3-1-11(2-4-12)9-16(21)20-13-5-6-14-15(10-13)19-8-7-18-14/h1-8,10H,9H2,(H,20,21). The monoisotopic (exact) mass is 297 g/mol. The summed E-state index contributed by atoms with van der Waals surface area (Å²) in [5, 5.41) is 3.52. The van der Waals surface area contributed by atoms with Crippen LogP contribution in [0.5, 0.6) is 0 Å². The maximum atomic E-state index is 12.0. The first-order valence-electron chi connectivity index (χ1n) is 6.46. The molecule has 1 heterocycles. The summed E-state index contributed by atoms with van der Waals surface area (Å²) in [6, 6.07) is 12.7. The summed E-state index contributed by atoms with van der Waals surface area (Å²) in [7, 11) is 0. The number of anilines is 1. The van der Waals surface area contributed by atoms with E-state index in [-0.39, 0.29) is 5.91 Å². The van der Waals surface area contributed by atoms with Gasteiger partial charge in [0.25, 0.3) is 0 Å². The van der Waals surface area contributed by atoms with Crippen LogP contribution >= 0.6 is 11.6 Å². The quantitative estimate of drug-likeness (QED) is 0.805. The summed E-state index contributed by atoms with van der Waals surface area (Å²) in [6.45, 7) is 0. The average Bonchev–Trinajstić information content (AvgIpc) is 2.49. The first-order chi connectivity index (χ1) is 10.2. The lowest BCUT2D eigenvalue weighted by molar-refractivity contribution is -0.115. The van der Waals surface area contributed by atoms with Crippen molar-refractivity contribution in [2.45, 2.75) is 6.42 Å². The summed E-state index contributed by atoms with van der Waals surface area (Å²) in [6.07, 6.45) is 3.57. The van der Waals surface area contributed by atoms with Crippen molar-refractivity contribution in [3.8, 4) is 0 Å². The lowest BCUT2D eigenvalue weighted by Crippen LogP contribution is -2.14. The number of rotatable bonds is 3. The molecule has 0 saturated heterocycles. The molecule has 104 valence electrons. The zero-order valence-electron chi connectivity index (χ0n) is 11.1. The molecule has 0 aliphatic carbocycles. The summed E-state index contributed by atoms with van der Waals surface area (Å²) < 4.78 is 0. The second-order valence-corrected chi connectivity index (χ2v) is 5.05. The molecule has 1 N–H and O–H groups in total. The van der Waals surface area contributed by atoms with E-state index in [9.17, 15) is 4.79 Å². The predicted octanol–water partition coefficient (Wildman–Crippen LogP) is 3.46. The van der Waals surface area contributed by atoms with Crippen molar-refractivity contribution in [3.63, 3.8) is 0 Å². The molecule has 4 nitrogen and oxygen atoms in total. The van der Waals surface area contributed by atoms with E-state index < -0.39 is 0 Å². The highest BCUT2D eigenvalue weighted by Gasteiger charge is 2.05.